The van der Waals surface area contributed by atoms with E-state index in [2.05, 4.69) is 48.1 Å². The van der Waals surface area contributed by atoms with Gasteiger partial charge in [-0.05, 0) is 44.9 Å². The summed E-state index contributed by atoms with van der Waals surface area (Å²) >= 11 is 0. The molecule has 1 fully saturated rings. The van der Waals surface area contributed by atoms with Crippen molar-refractivity contribution in [3.63, 3.8) is 0 Å². The van der Waals surface area contributed by atoms with Crippen LogP contribution in [0.3, 0.4) is 0 Å². The lowest BCUT2D eigenvalue weighted by Gasteiger charge is -2.42. The first-order valence-electron chi connectivity index (χ1n) is 11.5. The zero-order valence-corrected chi connectivity index (χ0v) is 19.5. The SMILES string of the molecule is CC[C@@H](C(=O)N1CCN(c2cccc(C)c2)[C@@H](C)C1)n1nc(C)n2c(cc3occc32)c1=O. The summed E-state index contributed by atoms with van der Waals surface area (Å²) < 4.78 is 8.63. The van der Waals surface area contributed by atoms with E-state index < -0.39 is 6.04 Å². The molecule has 1 saturated heterocycles. The molecule has 1 aromatic carbocycles. The first kappa shape index (κ1) is 21.3. The van der Waals surface area contributed by atoms with Crippen LogP contribution < -0.4 is 10.5 Å². The third-order valence-electron chi connectivity index (χ3n) is 6.67. The van der Waals surface area contributed by atoms with Crippen LogP contribution in [0.2, 0.25) is 0 Å². The van der Waals surface area contributed by atoms with Gasteiger partial charge in [0.25, 0.3) is 5.56 Å². The Morgan fingerprint density at radius 2 is 2.00 bits per heavy atom. The van der Waals surface area contributed by atoms with Crippen LogP contribution in [0.4, 0.5) is 5.69 Å². The van der Waals surface area contributed by atoms with Gasteiger partial charge in [-0.1, -0.05) is 19.1 Å². The molecule has 0 radical (unpaired) electrons. The molecule has 1 aliphatic heterocycles. The van der Waals surface area contributed by atoms with Gasteiger partial charge in [0.2, 0.25) is 5.91 Å². The van der Waals surface area contributed by atoms with Crippen molar-refractivity contribution in [3.8, 4) is 0 Å². The van der Waals surface area contributed by atoms with Crippen LogP contribution in [-0.4, -0.2) is 50.7 Å². The largest absolute Gasteiger partial charge is 0.463 e. The van der Waals surface area contributed by atoms with Crippen LogP contribution in [-0.2, 0) is 4.79 Å². The van der Waals surface area contributed by atoms with E-state index in [9.17, 15) is 9.59 Å². The lowest BCUT2D eigenvalue weighted by atomic mass is 10.1. The molecule has 8 nitrogen and oxygen atoms in total. The van der Waals surface area contributed by atoms with E-state index >= 15 is 0 Å². The summed E-state index contributed by atoms with van der Waals surface area (Å²) in [4.78, 5) is 31.1. The average molecular weight is 448 g/mol. The van der Waals surface area contributed by atoms with Crippen LogP contribution >= 0.6 is 0 Å². The van der Waals surface area contributed by atoms with Crippen molar-refractivity contribution in [1.29, 1.82) is 0 Å². The molecule has 8 heteroatoms. The number of aromatic nitrogens is 3. The summed E-state index contributed by atoms with van der Waals surface area (Å²) in [6.07, 6.45) is 2.09. The lowest BCUT2D eigenvalue weighted by molar-refractivity contribution is -0.136. The predicted octanol–water partition coefficient (Wildman–Crippen LogP) is 3.55. The molecule has 0 unspecified atom stereocenters. The highest BCUT2D eigenvalue weighted by atomic mass is 16.3. The molecule has 2 atom stereocenters. The molecule has 5 rings (SSSR count). The van der Waals surface area contributed by atoms with Crippen LogP contribution in [0.25, 0.3) is 16.6 Å². The van der Waals surface area contributed by atoms with Crippen molar-refractivity contribution in [2.24, 2.45) is 0 Å². The minimum Gasteiger partial charge on any atom is -0.463 e. The van der Waals surface area contributed by atoms with Crippen molar-refractivity contribution in [3.05, 3.63) is 64.4 Å². The van der Waals surface area contributed by atoms with Crippen LogP contribution in [0.15, 0.2) is 51.9 Å². The number of furan rings is 1. The summed E-state index contributed by atoms with van der Waals surface area (Å²) in [6, 6.07) is 11.5. The van der Waals surface area contributed by atoms with Crippen molar-refractivity contribution < 1.29 is 9.21 Å². The van der Waals surface area contributed by atoms with Gasteiger partial charge >= 0.3 is 0 Å². The number of piperazine rings is 1. The number of carbonyl (C=O) groups excluding carboxylic acids is 1. The molecule has 0 aliphatic carbocycles. The maximum Gasteiger partial charge on any atom is 0.291 e. The molecule has 0 saturated carbocycles. The van der Waals surface area contributed by atoms with Gasteiger partial charge in [-0.3, -0.25) is 14.0 Å². The highest BCUT2D eigenvalue weighted by molar-refractivity contribution is 5.83. The first-order chi connectivity index (χ1) is 15.9. The topological polar surface area (TPSA) is 76.0 Å². The minimum absolute atomic E-state index is 0.0539. The first-order valence-corrected chi connectivity index (χ1v) is 11.5. The predicted molar refractivity (Wildman–Crippen MR) is 128 cm³/mol. The fourth-order valence-electron chi connectivity index (χ4n) is 5.02. The summed E-state index contributed by atoms with van der Waals surface area (Å²) in [7, 11) is 0. The molecule has 172 valence electrons. The van der Waals surface area contributed by atoms with E-state index in [1.54, 1.807) is 16.7 Å². The molecule has 4 aromatic rings. The van der Waals surface area contributed by atoms with E-state index in [1.807, 2.05) is 24.8 Å². The summed E-state index contributed by atoms with van der Waals surface area (Å²) in [5.74, 6) is 0.590. The molecule has 0 bridgehead atoms. The zero-order valence-electron chi connectivity index (χ0n) is 19.5. The number of fused-ring (bicyclic) bond motifs is 3. The number of hydrogen-bond donors (Lipinski definition) is 0. The molecule has 1 aliphatic rings. The Morgan fingerprint density at radius 3 is 2.73 bits per heavy atom. The van der Waals surface area contributed by atoms with Crippen molar-refractivity contribution >= 4 is 28.2 Å². The average Bonchev–Trinajstić information content (AvgIpc) is 3.39. The van der Waals surface area contributed by atoms with Gasteiger partial charge in [0.1, 0.15) is 17.4 Å². The molecular formula is C25H29N5O3. The Labute approximate surface area is 192 Å². The Balaban J connectivity index is 1.43. The molecule has 3 aromatic heterocycles. The third-order valence-corrected chi connectivity index (χ3v) is 6.67. The summed E-state index contributed by atoms with van der Waals surface area (Å²) in [5, 5.41) is 4.55. The fraction of sp³-hybridized carbons (Fsp3) is 0.400. The highest BCUT2D eigenvalue weighted by Crippen LogP contribution is 2.25. The van der Waals surface area contributed by atoms with Crippen molar-refractivity contribution in [2.75, 3.05) is 24.5 Å². The van der Waals surface area contributed by atoms with E-state index in [1.165, 1.54) is 15.9 Å². The normalized spacial score (nSPS) is 17.8. The van der Waals surface area contributed by atoms with Crippen molar-refractivity contribution in [1.82, 2.24) is 19.1 Å². The number of anilines is 1. The van der Waals surface area contributed by atoms with Gasteiger partial charge in [0, 0.05) is 43.5 Å². The molecular weight excluding hydrogens is 418 g/mol. The zero-order chi connectivity index (χ0) is 23.3. The standard InChI is InChI=1S/C25H29N5O3/c1-5-20(30-25(32)22-14-23-21(9-12-33-23)29(22)18(4)26-30)24(31)27-10-11-28(17(3)15-27)19-8-6-7-16(2)13-19/h6-9,12-14,17,20H,5,10-11,15H2,1-4H3/t17-,20-/m0/s1. The minimum atomic E-state index is -0.639. The number of carbonyl (C=O) groups is 1. The molecule has 0 N–H and O–H groups in total. The number of rotatable bonds is 4. The second kappa shape index (κ2) is 8.10. The van der Waals surface area contributed by atoms with E-state index in [-0.39, 0.29) is 17.5 Å². The van der Waals surface area contributed by atoms with Gasteiger partial charge in [-0.15, -0.1) is 0 Å². The second-order valence-corrected chi connectivity index (χ2v) is 8.92. The van der Waals surface area contributed by atoms with Crippen LogP contribution in [0.1, 0.15) is 37.7 Å². The van der Waals surface area contributed by atoms with Gasteiger partial charge in [0.05, 0.1) is 11.8 Å². The van der Waals surface area contributed by atoms with Crippen LogP contribution in [0, 0.1) is 13.8 Å². The molecule has 1 amide bonds. The van der Waals surface area contributed by atoms with Gasteiger partial charge in [0.15, 0.2) is 5.58 Å². The molecule has 0 spiro atoms. The number of benzene rings is 1. The molecule has 33 heavy (non-hydrogen) atoms. The smallest absolute Gasteiger partial charge is 0.291 e. The third kappa shape index (κ3) is 3.50. The summed E-state index contributed by atoms with van der Waals surface area (Å²) in [5.41, 5.74) is 4.03. The second-order valence-electron chi connectivity index (χ2n) is 8.92. The Kier molecular flexibility index (Phi) is 5.23. The van der Waals surface area contributed by atoms with E-state index in [0.29, 0.717) is 36.4 Å². The number of aryl methyl sites for hydroxylation is 2. The van der Waals surface area contributed by atoms with E-state index in [0.717, 1.165) is 12.1 Å². The van der Waals surface area contributed by atoms with E-state index in [4.69, 9.17) is 4.42 Å². The van der Waals surface area contributed by atoms with Crippen molar-refractivity contribution in [2.45, 2.75) is 46.2 Å². The quantitative estimate of drug-likeness (QED) is 0.478. The number of hydrogen-bond acceptors (Lipinski definition) is 5. The highest BCUT2D eigenvalue weighted by Gasteiger charge is 2.32. The van der Waals surface area contributed by atoms with Gasteiger partial charge < -0.3 is 14.2 Å². The number of amides is 1. The summed E-state index contributed by atoms with van der Waals surface area (Å²) in [6.45, 7) is 9.97. The van der Waals surface area contributed by atoms with Gasteiger partial charge in [-0.2, -0.15) is 5.10 Å². The number of nitrogens with zero attached hydrogens (tertiary/aromatic N) is 5. The Hall–Kier alpha value is -3.55. The molecule has 4 heterocycles. The van der Waals surface area contributed by atoms with Crippen LogP contribution in [0.5, 0.6) is 0 Å². The maximum atomic E-state index is 13.6. The monoisotopic (exact) mass is 447 g/mol. The fourth-order valence-corrected chi connectivity index (χ4v) is 5.02. The van der Waals surface area contributed by atoms with Gasteiger partial charge in [-0.25, -0.2) is 4.68 Å². The Morgan fingerprint density at radius 1 is 1.18 bits per heavy atom. The maximum absolute atomic E-state index is 13.6. The lowest BCUT2D eigenvalue weighted by Crippen LogP contribution is -2.55. The Bertz CT molecular complexity index is 1400.